The Balaban J connectivity index is 2.47. The van der Waals surface area contributed by atoms with Gasteiger partial charge < -0.3 is 14.8 Å². The first-order valence-electron chi connectivity index (χ1n) is 6.75. The summed E-state index contributed by atoms with van der Waals surface area (Å²) < 4.78 is 11.8. The van der Waals surface area contributed by atoms with Gasteiger partial charge in [0.05, 0.1) is 26.5 Å². The second kappa shape index (κ2) is 7.43. The zero-order chi connectivity index (χ0) is 15.2. The van der Waals surface area contributed by atoms with Gasteiger partial charge in [0, 0.05) is 16.2 Å². The predicted molar refractivity (Wildman–Crippen MR) is 87.0 cm³/mol. The Bertz CT molecular complexity index is 605. The van der Waals surface area contributed by atoms with Gasteiger partial charge in [-0.2, -0.15) is 0 Å². The molecule has 0 radical (unpaired) electrons. The highest BCUT2D eigenvalue weighted by molar-refractivity contribution is 9.10. The molecule has 5 heteroatoms. The summed E-state index contributed by atoms with van der Waals surface area (Å²) >= 11 is 3.47. The smallest absolute Gasteiger partial charge is 0.137 e. The molecule has 1 unspecified atom stereocenters. The minimum absolute atomic E-state index is 0.000602. The number of benzene rings is 1. The van der Waals surface area contributed by atoms with Crippen molar-refractivity contribution in [2.24, 2.45) is 0 Å². The van der Waals surface area contributed by atoms with Crippen molar-refractivity contribution >= 4 is 15.9 Å². The third-order valence-corrected chi connectivity index (χ3v) is 3.71. The molecule has 2 aromatic rings. The molecule has 0 aliphatic rings. The van der Waals surface area contributed by atoms with Crippen LogP contribution in [0.4, 0.5) is 0 Å². The van der Waals surface area contributed by atoms with Gasteiger partial charge in [0.15, 0.2) is 0 Å². The van der Waals surface area contributed by atoms with E-state index in [2.05, 4.69) is 39.2 Å². The number of hydrogen-bond acceptors (Lipinski definition) is 4. The lowest BCUT2D eigenvalue weighted by molar-refractivity contribution is 0.402. The van der Waals surface area contributed by atoms with Crippen LogP contribution >= 0.6 is 15.9 Å². The normalized spacial score (nSPS) is 12.0. The maximum Gasteiger partial charge on any atom is 0.137 e. The lowest BCUT2D eigenvalue weighted by Crippen LogP contribution is -2.22. The van der Waals surface area contributed by atoms with Crippen molar-refractivity contribution in [2.45, 2.75) is 13.0 Å². The van der Waals surface area contributed by atoms with Crippen molar-refractivity contribution in [3.8, 4) is 11.5 Å². The molecule has 1 heterocycles. The van der Waals surface area contributed by atoms with E-state index in [1.54, 1.807) is 20.4 Å². The van der Waals surface area contributed by atoms with Crippen molar-refractivity contribution in [3.63, 3.8) is 0 Å². The summed E-state index contributed by atoms with van der Waals surface area (Å²) in [6.07, 6.45) is 3.54. The van der Waals surface area contributed by atoms with Crippen LogP contribution < -0.4 is 14.8 Å². The standard InChI is InChI=1S/C16H19BrN2O2/c1-4-19-16(11-7-13(20-2)10-18-9-11)14-6-5-12(17)8-15(14)21-3/h5-10,16,19H,4H2,1-3H3. The molecule has 1 atom stereocenters. The summed E-state index contributed by atoms with van der Waals surface area (Å²) in [5.41, 5.74) is 2.11. The summed E-state index contributed by atoms with van der Waals surface area (Å²) in [5, 5.41) is 3.47. The van der Waals surface area contributed by atoms with Crippen LogP contribution in [-0.2, 0) is 0 Å². The summed E-state index contributed by atoms with van der Waals surface area (Å²) in [5.74, 6) is 1.57. The van der Waals surface area contributed by atoms with Gasteiger partial charge in [0.25, 0.3) is 0 Å². The van der Waals surface area contributed by atoms with E-state index in [4.69, 9.17) is 9.47 Å². The van der Waals surface area contributed by atoms with E-state index in [-0.39, 0.29) is 6.04 Å². The molecule has 0 aliphatic carbocycles. The molecule has 0 aliphatic heterocycles. The molecule has 0 amide bonds. The Labute approximate surface area is 133 Å². The Morgan fingerprint density at radius 2 is 2.00 bits per heavy atom. The second-order valence-corrected chi connectivity index (χ2v) is 5.45. The van der Waals surface area contributed by atoms with E-state index < -0.39 is 0 Å². The molecule has 1 aromatic carbocycles. The molecule has 0 saturated heterocycles. The van der Waals surface area contributed by atoms with E-state index in [9.17, 15) is 0 Å². The highest BCUT2D eigenvalue weighted by atomic mass is 79.9. The van der Waals surface area contributed by atoms with Gasteiger partial charge in [-0.3, -0.25) is 4.98 Å². The number of nitrogens with zero attached hydrogens (tertiary/aromatic N) is 1. The van der Waals surface area contributed by atoms with Crippen molar-refractivity contribution < 1.29 is 9.47 Å². The first kappa shape index (κ1) is 15.8. The van der Waals surface area contributed by atoms with Crippen molar-refractivity contribution in [1.82, 2.24) is 10.3 Å². The van der Waals surface area contributed by atoms with Crippen LogP contribution in [0.5, 0.6) is 11.5 Å². The van der Waals surface area contributed by atoms with Crippen LogP contribution in [0.15, 0.2) is 41.1 Å². The molecule has 0 bridgehead atoms. The van der Waals surface area contributed by atoms with Gasteiger partial charge in [0.1, 0.15) is 11.5 Å². The second-order valence-electron chi connectivity index (χ2n) is 4.54. The van der Waals surface area contributed by atoms with Gasteiger partial charge >= 0.3 is 0 Å². The number of aromatic nitrogens is 1. The van der Waals surface area contributed by atoms with E-state index in [0.29, 0.717) is 0 Å². The predicted octanol–water partition coefficient (Wildman–Crippen LogP) is 3.56. The Hall–Kier alpha value is -1.59. The zero-order valence-electron chi connectivity index (χ0n) is 12.4. The molecule has 4 nitrogen and oxygen atoms in total. The summed E-state index contributed by atoms with van der Waals surface area (Å²) in [6, 6.07) is 8.02. The van der Waals surface area contributed by atoms with Crippen LogP contribution in [0.2, 0.25) is 0 Å². The molecule has 0 fully saturated rings. The lowest BCUT2D eigenvalue weighted by atomic mass is 9.99. The molecule has 2 rings (SSSR count). The number of methoxy groups -OCH3 is 2. The van der Waals surface area contributed by atoms with Crippen LogP contribution in [-0.4, -0.2) is 25.7 Å². The monoisotopic (exact) mass is 350 g/mol. The lowest BCUT2D eigenvalue weighted by Gasteiger charge is -2.21. The maximum atomic E-state index is 5.51. The third kappa shape index (κ3) is 3.74. The molecule has 0 spiro atoms. The van der Waals surface area contributed by atoms with E-state index in [1.165, 1.54) is 0 Å². The fourth-order valence-electron chi connectivity index (χ4n) is 2.24. The minimum atomic E-state index is 0.000602. The first-order chi connectivity index (χ1) is 10.2. The molecule has 1 N–H and O–H groups in total. The molecular weight excluding hydrogens is 332 g/mol. The number of nitrogens with one attached hydrogen (secondary N) is 1. The van der Waals surface area contributed by atoms with Gasteiger partial charge in [-0.15, -0.1) is 0 Å². The average Bonchev–Trinajstić information content (AvgIpc) is 2.53. The Morgan fingerprint density at radius 3 is 2.67 bits per heavy atom. The topological polar surface area (TPSA) is 43.4 Å². The Morgan fingerprint density at radius 1 is 1.19 bits per heavy atom. The SMILES string of the molecule is CCNC(c1cncc(OC)c1)c1ccc(Br)cc1OC. The van der Waals surface area contributed by atoms with E-state index in [1.807, 2.05) is 24.4 Å². The van der Waals surface area contributed by atoms with E-state index >= 15 is 0 Å². The number of hydrogen-bond donors (Lipinski definition) is 1. The molecule has 0 saturated carbocycles. The van der Waals surface area contributed by atoms with Crippen LogP contribution in [0.25, 0.3) is 0 Å². The summed E-state index contributed by atoms with van der Waals surface area (Å²) in [7, 11) is 3.32. The number of rotatable bonds is 6. The first-order valence-corrected chi connectivity index (χ1v) is 7.54. The maximum absolute atomic E-state index is 5.51. The largest absolute Gasteiger partial charge is 0.496 e. The minimum Gasteiger partial charge on any atom is -0.496 e. The van der Waals surface area contributed by atoms with Gasteiger partial charge in [-0.25, -0.2) is 0 Å². The number of halogens is 1. The fraction of sp³-hybridized carbons (Fsp3) is 0.312. The molecule has 1 aromatic heterocycles. The zero-order valence-corrected chi connectivity index (χ0v) is 14.0. The summed E-state index contributed by atoms with van der Waals surface area (Å²) in [6.45, 7) is 2.91. The van der Waals surface area contributed by atoms with Crippen LogP contribution in [0.3, 0.4) is 0 Å². The number of pyridine rings is 1. The molecular formula is C16H19BrN2O2. The van der Waals surface area contributed by atoms with Gasteiger partial charge in [0.2, 0.25) is 0 Å². The van der Waals surface area contributed by atoms with Crippen molar-refractivity contribution in [3.05, 3.63) is 52.3 Å². The quantitative estimate of drug-likeness (QED) is 0.864. The van der Waals surface area contributed by atoms with Crippen molar-refractivity contribution in [2.75, 3.05) is 20.8 Å². The third-order valence-electron chi connectivity index (χ3n) is 3.22. The summed E-state index contributed by atoms with van der Waals surface area (Å²) in [4.78, 5) is 4.24. The highest BCUT2D eigenvalue weighted by Crippen LogP contribution is 2.33. The highest BCUT2D eigenvalue weighted by Gasteiger charge is 2.18. The van der Waals surface area contributed by atoms with Gasteiger partial charge in [-0.1, -0.05) is 28.9 Å². The van der Waals surface area contributed by atoms with E-state index in [0.717, 1.165) is 33.6 Å². The average molecular weight is 351 g/mol. The fourth-order valence-corrected chi connectivity index (χ4v) is 2.58. The van der Waals surface area contributed by atoms with Crippen LogP contribution in [0.1, 0.15) is 24.1 Å². The van der Waals surface area contributed by atoms with Gasteiger partial charge in [-0.05, 0) is 30.3 Å². The van der Waals surface area contributed by atoms with Crippen molar-refractivity contribution in [1.29, 1.82) is 0 Å². The number of ether oxygens (including phenoxy) is 2. The van der Waals surface area contributed by atoms with Crippen LogP contribution in [0, 0.1) is 0 Å². The molecule has 112 valence electrons. The molecule has 21 heavy (non-hydrogen) atoms. The Kier molecular flexibility index (Phi) is 5.59.